The molecule has 0 radical (unpaired) electrons. The summed E-state index contributed by atoms with van der Waals surface area (Å²) in [5.41, 5.74) is 4.03. The van der Waals surface area contributed by atoms with Crippen LogP contribution in [0.25, 0.3) is 0 Å². The van der Waals surface area contributed by atoms with Gasteiger partial charge in [0.2, 0.25) is 5.91 Å². The van der Waals surface area contributed by atoms with Crippen molar-refractivity contribution < 1.29 is 27.0 Å². The highest BCUT2D eigenvalue weighted by Gasteiger charge is 2.31. The van der Waals surface area contributed by atoms with Gasteiger partial charge in [-0.15, -0.1) is 0 Å². The zero-order chi connectivity index (χ0) is 20.0. The number of carbonyl (C=O) groups is 2. The Kier molecular flexibility index (Phi) is 6.73. The van der Waals surface area contributed by atoms with Crippen LogP contribution in [0, 0.1) is 0 Å². The molecular formula is C18H17F3N2O3S. The number of amides is 2. The number of halogens is 3. The van der Waals surface area contributed by atoms with Gasteiger partial charge in [-0.25, -0.2) is 0 Å². The van der Waals surface area contributed by atoms with E-state index in [0.717, 1.165) is 12.1 Å². The molecule has 0 bridgehead atoms. The Balaban J connectivity index is 2.04. The molecule has 144 valence electrons. The molecule has 0 saturated heterocycles. The highest BCUT2D eigenvalue weighted by atomic mass is 32.2. The number of hydrogen-bond acceptors (Lipinski definition) is 3. The zero-order valence-electron chi connectivity index (χ0n) is 14.0. The largest absolute Gasteiger partial charge is 0.416 e. The van der Waals surface area contributed by atoms with E-state index < -0.39 is 40.4 Å². The van der Waals surface area contributed by atoms with Crippen molar-refractivity contribution >= 4 is 22.6 Å². The molecule has 2 atom stereocenters. The third-order valence-electron chi connectivity index (χ3n) is 3.70. The molecule has 2 rings (SSSR count). The van der Waals surface area contributed by atoms with E-state index in [9.17, 15) is 27.0 Å². The molecule has 0 saturated carbocycles. The van der Waals surface area contributed by atoms with Crippen LogP contribution in [-0.2, 0) is 21.8 Å². The molecular weight excluding hydrogens is 381 g/mol. The monoisotopic (exact) mass is 398 g/mol. The third-order valence-corrected chi connectivity index (χ3v) is 5.10. The van der Waals surface area contributed by atoms with E-state index in [1.807, 2.05) is 0 Å². The first-order valence-electron chi connectivity index (χ1n) is 7.89. The number of rotatable bonds is 7. The number of primary amides is 1. The van der Waals surface area contributed by atoms with Crippen LogP contribution >= 0.6 is 0 Å². The second-order valence-corrected chi connectivity index (χ2v) is 7.23. The number of carbonyl (C=O) groups excluding carboxylic acids is 2. The molecule has 9 heteroatoms. The van der Waals surface area contributed by atoms with Gasteiger partial charge in [-0.1, -0.05) is 24.3 Å². The van der Waals surface area contributed by atoms with E-state index in [-0.39, 0.29) is 17.7 Å². The lowest BCUT2D eigenvalue weighted by Gasteiger charge is -2.16. The van der Waals surface area contributed by atoms with E-state index in [2.05, 4.69) is 5.32 Å². The first kappa shape index (κ1) is 20.6. The Bertz CT molecular complexity index is 841. The molecule has 2 aromatic carbocycles. The van der Waals surface area contributed by atoms with E-state index in [1.54, 1.807) is 30.3 Å². The fourth-order valence-corrected chi connectivity index (χ4v) is 3.43. The second-order valence-electron chi connectivity index (χ2n) is 5.66. The van der Waals surface area contributed by atoms with Crippen molar-refractivity contribution in [3.05, 3.63) is 65.7 Å². The van der Waals surface area contributed by atoms with Gasteiger partial charge < -0.3 is 11.1 Å². The van der Waals surface area contributed by atoms with Crippen LogP contribution in [0.3, 0.4) is 0 Å². The summed E-state index contributed by atoms with van der Waals surface area (Å²) in [6.45, 7) is 0. The van der Waals surface area contributed by atoms with Crippen LogP contribution in [0.2, 0.25) is 0 Å². The van der Waals surface area contributed by atoms with Gasteiger partial charge in [0, 0.05) is 16.2 Å². The van der Waals surface area contributed by atoms with Gasteiger partial charge in [-0.05, 0) is 36.8 Å². The minimum absolute atomic E-state index is 0.0124. The van der Waals surface area contributed by atoms with E-state index in [4.69, 9.17) is 5.73 Å². The van der Waals surface area contributed by atoms with Crippen molar-refractivity contribution in [2.24, 2.45) is 5.73 Å². The van der Waals surface area contributed by atoms with Crippen molar-refractivity contribution in [1.29, 1.82) is 0 Å². The SMILES string of the molecule is NC(=O)[C@@H](CC[S@@](=O)c1ccccc1)NC(=O)c1cccc(C(F)(F)F)c1. The Labute approximate surface area is 156 Å². The summed E-state index contributed by atoms with van der Waals surface area (Å²) in [5.74, 6) is -1.67. The number of hydrogen-bond donors (Lipinski definition) is 2. The molecule has 0 aromatic heterocycles. The van der Waals surface area contributed by atoms with Gasteiger partial charge in [-0.2, -0.15) is 13.2 Å². The lowest BCUT2D eigenvalue weighted by Crippen LogP contribution is -2.45. The third kappa shape index (κ3) is 5.92. The summed E-state index contributed by atoms with van der Waals surface area (Å²) in [6.07, 6.45) is -4.60. The predicted octanol–water partition coefficient (Wildman–Crippen LogP) is 2.49. The van der Waals surface area contributed by atoms with E-state index in [1.165, 1.54) is 6.07 Å². The number of alkyl halides is 3. The molecule has 0 aliphatic heterocycles. The zero-order valence-corrected chi connectivity index (χ0v) is 14.8. The van der Waals surface area contributed by atoms with Crippen molar-refractivity contribution in [3.8, 4) is 0 Å². The van der Waals surface area contributed by atoms with Crippen molar-refractivity contribution in [2.75, 3.05) is 5.75 Å². The normalized spacial score (nSPS) is 13.6. The quantitative estimate of drug-likeness (QED) is 0.751. The van der Waals surface area contributed by atoms with Crippen LogP contribution in [0.15, 0.2) is 59.5 Å². The smallest absolute Gasteiger partial charge is 0.368 e. The van der Waals surface area contributed by atoms with Gasteiger partial charge in [0.1, 0.15) is 6.04 Å². The van der Waals surface area contributed by atoms with Crippen molar-refractivity contribution in [3.63, 3.8) is 0 Å². The van der Waals surface area contributed by atoms with E-state index >= 15 is 0 Å². The summed E-state index contributed by atoms with van der Waals surface area (Å²) < 4.78 is 50.5. The second kappa shape index (κ2) is 8.81. The predicted molar refractivity (Wildman–Crippen MR) is 94.2 cm³/mol. The average molecular weight is 398 g/mol. The Morgan fingerprint density at radius 2 is 1.74 bits per heavy atom. The first-order chi connectivity index (χ1) is 12.7. The molecule has 0 aliphatic carbocycles. The fourth-order valence-electron chi connectivity index (χ4n) is 2.28. The maximum atomic E-state index is 12.8. The first-order valence-corrected chi connectivity index (χ1v) is 9.21. The maximum absolute atomic E-state index is 12.8. The van der Waals surface area contributed by atoms with Crippen LogP contribution in [0.5, 0.6) is 0 Å². The molecule has 27 heavy (non-hydrogen) atoms. The molecule has 2 aromatic rings. The topological polar surface area (TPSA) is 89.3 Å². The highest BCUT2D eigenvalue weighted by molar-refractivity contribution is 7.85. The number of nitrogens with two attached hydrogens (primary N) is 1. The maximum Gasteiger partial charge on any atom is 0.416 e. The molecule has 3 N–H and O–H groups in total. The van der Waals surface area contributed by atoms with Crippen LogP contribution in [0.1, 0.15) is 22.3 Å². The van der Waals surface area contributed by atoms with Crippen LogP contribution in [-0.4, -0.2) is 27.8 Å². The van der Waals surface area contributed by atoms with Gasteiger partial charge in [0.25, 0.3) is 5.91 Å². The minimum atomic E-state index is -4.59. The molecule has 0 fully saturated rings. The summed E-state index contributed by atoms with van der Waals surface area (Å²) in [4.78, 5) is 24.3. The van der Waals surface area contributed by atoms with Gasteiger partial charge in [-0.3, -0.25) is 13.8 Å². The van der Waals surface area contributed by atoms with Gasteiger partial charge in [0.05, 0.1) is 16.4 Å². The van der Waals surface area contributed by atoms with E-state index in [0.29, 0.717) is 11.0 Å². The summed E-state index contributed by atoms with van der Waals surface area (Å²) >= 11 is 0. The average Bonchev–Trinajstić information content (AvgIpc) is 2.64. The molecule has 0 heterocycles. The lowest BCUT2D eigenvalue weighted by molar-refractivity contribution is -0.137. The van der Waals surface area contributed by atoms with Gasteiger partial charge >= 0.3 is 6.18 Å². The number of nitrogens with one attached hydrogen (secondary N) is 1. The van der Waals surface area contributed by atoms with Crippen molar-refractivity contribution in [2.45, 2.75) is 23.5 Å². The number of benzene rings is 2. The lowest BCUT2D eigenvalue weighted by atomic mass is 10.1. The van der Waals surface area contributed by atoms with Crippen LogP contribution in [0.4, 0.5) is 13.2 Å². The van der Waals surface area contributed by atoms with Gasteiger partial charge in [0.15, 0.2) is 0 Å². The molecule has 5 nitrogen and oxygen atoms in total. The standard InChI is InChI=1S/C18H17F3N2O3S/c19-18(20,21)13-6-4-5-12(11-13)17(25)23-15(16(22)24)9-10-27(26)14-7-2-1-3-8-14/h1-8,11,15H,9-10H2,(H2,22,24)(H,23,25)/t15-,27-/m1/s1. The Morgan fingerprint density at radius 3 is 2.33 bits per heavy atom. The summed E-state index contributed by atoms with van der Waals surface area (Å²) in [7, 11) is -1.40. The summed E-state index contributed by atoms with van der Waals surface area (Å²) in [6, 6.07) is 11.2. The summed E-state index contributed by atoms with van der Waals surface area (Å²) in [5, 5.41) is 2.30. The molecule has 0 unspecified atom stereocenters. The Morgan fingerprint density at radius 1 is 1.07 bits per heavy atom. The van der Waals surface area contributed by atoms with Crippen LogP contribution < -0.4 is 11.1 Å². The molecule has 0 spiro atoms. The highest BCUT2D eigenvalue weighted by Crippen LogP contribution is 2.29. The minimum Gasteiger partial charge on any atom is -0.368 e. The molecule has 0 aliphatic rings. The Hall–Kier alpha value is -2.68. The molecule has 2 amide bonds. The van der Waals surface area contributed by atoms with Crippen molar-refractivity contribution in [1.82, 2.24) is 5.32 Å². The fraction of sp³-hybridized carbons (Fsp3) is 0.222.